The zero-order chi connectivity index (χ0) is 23.9. The molecule has 0 radical (unpaired) electrons. The van der Waals surface area contributed by atoms with Gasteiger partial charge in [-0.15, -0.1) is 0 Å². The van der Waals surface area contributed by atoms with Crippen LogP contribution in [0.1, 0.15) is 39.5 Å². The molecule has 0 aliphatic carbocycles. The van der Waals surface area contributed by atoms with Crippen LogP contribution < -0.4 is 10.6 Å². The van der Waals surface area contributed by atoms with Crippen LogP contribution in [-0.4, -0.2) is 44.7 Å². The Morgan fingerprint density at radius 3 is 2.68 bits per heavy atom. The molecule has 0 saturated carbocycles. The molecule has 0 unspecified atom stereocenters. The number of aromatic amines is 2. The van der Waals surface area contributed by atoms with Gasteiger partial charge in [-0.25, -0.2) is 0 Å². The molecule has 1 fully saturated rings. The first-order chi connectivity index (χ1) is 16.6. The first-order valence-electron chi connectivity index (χ1n) is 12.2. The molecule has 0 bridgehead atoms. The summed E-state index contributed by atoms with van der Waals surface area (Å²) in [6.07, 6.45) is 19.2. The summed E-state index contributed by atoms with van der Waals surface area (Å²) in [6, 6.07) is 4.10. The standard InChI is InChI=1S/C29H35N5/c1-5-22(11-10-16-34-14-8-9-15-34)17-23(6-2)24(7-3)18-26-21(4)32-33-29(26)27-19-25-12-13-30-20-28(25)31-27/h5-7,12-13,17-20,31-32H,1,4,8-11,14-16H2,2-3H3/b22-17+,23-6+,24-7+,26-18+. The van der Waals surface area contributed by atoms with Crippen molar-refractivity contribution in [3.05, 3.63) is 82.7 Å². The predicted molar refractivity (Wildman–Crippen MR) is 144 cm³/mol. The maximum absolute atomic E-state index is 4.56. The number of rotatable bonds is 9. The van der Waals surface area contributed by atoms with Crippen molar-refractivity contribution in [3.8, 4) is 11.4 Å². The summed E-state index contributed by atoms with van der Waals surface area (Å²) in [5.41, 5.74) is 6.37. The Bertz CT molecular complexity index is 1310. The van der Waals surface area contributed by atoms with Gasteiger partial charge >= 0.3 is 0 Å². The second kappa shape index (κ2) is 11.1. The van der Waals surface area contributed by atoms with E-state index in [1.807, 2.05) is 18.3 Å². The van der Waals surface area contributed by atoms with E-state index in [2.05, 4.69) is 82.4 Å². The fourth-order valence-electron chi connectivity index (χ4n) is 4.62. The molecule has 4 heterocycles. The van der Waals surface area contributed by atoms with Crippen molar-refractivity contribution in [2.45, 2.75) is 39.5 Å². The number of aromatic nitrogens is 4. The third kappa shape index (κ3) is 5.37. The summed E-state index contributed by atoms with van der Waals surface area (Å²) in [5.74, 6) is 0. The highest BCUT2D eigenvalue weighted by Crippen LogP contribution is 2.21. The summed E-state index contributed by atoms with van der Waals surface area (Å²) in [7, 11) is 0. The minimum Gasteiger partial charge on any atom is -0.352 e. The number of allylic oxidation sites excluding steroid dienone is 7. The van der Waals surface area contributed by atoms with Crippen molar-refractivity contribution >= 4 is 23.6 Å². The van der Waals surface area contributed by atoms with E-state index in [0.717, 1.165) is 51.3 Å². The topological polar surface area (TPSA) is 60.6 Å². The molecule has 0 atom stereocenters. The lowest BCUT2D eigenvalue weighted by atomic mass is 9.99. The molecule has 4 rings (SSSR count). The van der Waals surface area contributed by atoms with E-state index in [4.69, 9.17) is 0 Å². The van der Waals surface area contributed by atoms with Crippen LogP contribution in [0.5, 0.6) is 0 Å². The van der Waals surface area contributed by atoms with Gasteiger partial charge in [-0.1, -0.05) is 37.5 Å². The van der Waals surface area contributed by atoms with Crippen LogP contribution in [-0.2, 0) is 0 Å². The third-order valence-electron chi connectivity index (χ3n) is 6.56. The van der Waals surface area contributed by atoms with Crippen LogP contribution in [0.25, 0.3) is 34.9 Å². The van der Waals surface area contributed by atoms with E-state index in [1.54, 1.807) is 6.20 Å². The molecule has 0 aromatic carbocycles. The zero-order valence-electron chi connectivity index (χ0n) is 20.4. The Labute approximate surface area is 202 Å². The highest BCUT2D eigenvalue weighted by atomic mass is 15.1. The molecule has 1 saturated heterocycles. The number of nitrogens with zero attached hydrogens (tertiary/aromatic N) is 3. The second-order valence-corrected chi connectivity index (χ2v) is 8.82. The molecule has 3 aromatic rings. The van der Waals surface area contributed by atoms with Gasteiger partial charge in [0, 0.05) is 16.8 Å². The van der Waals surface area contributed by atoms with Crippen molar-refractivity contribution in [2.24, 2.45) is 0 Å². The van der Waals surface area contributed by atoms with Gasteiger partial charge in [0.1, 0.15) is 5.69 Å². The first kappa shape index (κ1) is 23.7. The number of H-pyrrole nitrogens is 2. The molecule has 0 amide bonds. The Morgan fingerprint density at radius 1 is 1.18 bits per heavy atom. The molecule has 3 aromatic heterocycles. The number of hydrogen-bond donors (Lipinski definition) is 2. The van der Waals surface area contributed by atoms with Crippen molar-refractivity contribution in [3.63, 3.8) is 0 Å². The molecular weight excluding hydrogens is 418 g/mol. The summed E-state index contributed by atoms with van der Waals surface area (Å²) < 4.78 is 0. The van der Waals surface area contributed by atoms with Gasteiger partial charge in [0.15, 0.2) is 0 Å². The number of hydrogen-bond acceptors (Lipinski definition) is 3. The minimum absolute atomic E-state index is 0.792. The number of fused-ring (bicyclic) bond motifs is 1. The van der Waals surface area contributed by atoms with Crippen LogP contribution in [0.15, 0.2) is 72.1 Å². The maximum Gasteiger partial charge on any atom is 0.116 e. The van der Waals surface area contributed by atoms with E-state index < -0.39 is 0 Å². The van der Waals surface area contributed by atoms with Gasteiger partial charge in [0.25, 0.3) is 0 Å². The van der Waals surface area contributed by atoms with E-state index in [0.29, 0.717) is 0 Å². The van der Waals surface area contributed by atoms with Gasteiger partial charge in [0.05, 0.1) is 22.8 Å². The highest BCUT2D eigenvalue weighted by molar-refractivity contribution is 5.84. The highest BCUT2D eigenvalue weighted by Gasteiger charge is 2.12. The lowest BCUT2D eigenvalue weighted by Crippen LogP contribution is -2.22. The Morgan fingerprint density at radius 2 is 1.97 bits per heavy atom. The number of pyridine rings is 1. The van der Waals surface area contributed by atoms with Crippen LogP contribution in [0.4, 0.5) is 0 Å². The quantitative estimate of drug-likeness (QED) is 0.447. The van der Waals surface area contributed by atoms with Crippen LogP contribution in [0.3, 0.4) is 0 Å². The maximum atomic E-state index is 4.56. The normalized spacial score (nSPS) is 16.6. The number of nitrogens with one attached hydrogen (secondary N) is 2. The van der Waals surface area contributed by atoms with Crippen LogP contribution >= 0.6 is 0 Å². The van der Waals surface area contributed by atoms with E-state index in [9.17, 15) is 0 Å². The molecule has 5 heteroatoms. The third-order valence-corrected chi connectivity index (χ3v) is 6.56. The Kier molecular flexibility index (Phi) is 7.76. The average molecular weight is 454 g/mol. The number of likely N-dealkylation sites (tertiary alicyclic amines) is 1. The van der Waals surface area contributed by atoms with Gasteiger partial charge < -0.3 is 9.88 Å². The van der Waals surface area contributed by atoms with Gasteiger partial charge in [-0.05, 0) is 94.1 Å². The molecule has 2 N–H and O–H groups in total. The van der Waals surface area contributed by atoms with Crippen LogP contribution in [0, 0.1) is 0 Å². The second-order valence-electron chi connectivity index (χ2n) is 8.82. The van der Waals surface area contributed by atoms with Gasteiger partial charge in [0.2, 0.25) is 0 Å². The van der Waals surface area contributed by atoms with Gasteiger partial charge in [-0.2, -0.15) is 5.10 Å². The smallest absolute Gasteiger partial charge is 0.116 e. The summed E-state index contributed by atoms with van der Waals surface area (Å²) in [4.78, 5) is 10.2. The molecule has 176 valence electrons. The van der Waals surface area contributed by atoms with Crippen molar-refractivity contribution in [1.82, 2.24) is 25.1 Å². The Hall–Kier alpha value is -3.44. The summed E-state index contributed by atoms with van der Waals surface area (Å²) in [5, 5.41) is 10.5. The SMILES string of the molecule is C=C\C(=C/C(=C\C)C(/C=c1/c(-c2cc3ccncc3[nH]2)n[nH]c1=C)=C/C)CCCN1CCCC1. The fraction of sp³-hybridized carbons (Fsp3) is 0.310. The van der Waals surface area contributed by atoms with Crippen molar-refractivity contribution in [1.29, 1.82) is 0 Å². The monoisotopic (exact) mass is 453 g/mol. The molecule has 0 spiro atoms. The lowest BCUT2D eigenvalue weighted by Gasteiger charge is -2.14. The molecule has 1 aliphatic rings. The van der Waals surface area contributed by atoms with Gasteiger partial charge in [-0.3, -0.25) is 10.1 Å². The van der Waals surface area contributed by atoms with Crippen molar-refractivity contribution in [2.75, 3.05) is 19.6 Å². The van der Waals surface area contributed by atoms with E-state index in [1.165, 1.54) is 43.6 Å². The van der Waals surface area contributed by atoms with E-state index in [-0.39, 0.29) is 0 Å². The predicted octanol–water partition coefficient (Wildman–Crippen LogP) is 5.02. The first-order valence-corrected chi connectivity index (χ1v) is 12.2. The molecule has 5 nitrogen and oxygen atoms in total. The minimum atomic E-state index is 0.792. The van der Waals surface area contributed by atoms with Crippen molar-refractivity contribution < 1.29 is 0 Å². The fourth-order valence-corrected chi connectivity index (χ4v) is 4.62. The largest absolute Gasteiger partial charge is 0.352 e. The average Bonchev–Trinajstić information content (AvgIpc) is 3.60. The zero-order valence-corrected chi connectivity index (χ0v) is 20.4. The van der Waals surface area contributed by atoms with E-state index >= 15 is 0 Å². The molecule has 1 aliphatic heterocycles. The molecule has 34 heavy (non-hydrogen) atoms. The lowest BCUT2D eigenvalue weighted by molar-refractivity contribution is 0.334. The Balaban J connectivity index is 1.60. The summed E-state index contributed by atoms with van der Waals surface area (Å²) in [6.45, 7) is 16.1. The van der Waals surface area contributed by atoms with Crippen LogP contribution in [0.2, 0.25) is 0 Å². The molecular formula is C29H35N5. The summed E-state index contributed by atoms with van der Waals surface area (Å²) >= 11 is 0.